The Morgan fingerprint density at radius 3 is 2.72 bits per heavy atom. The normalized spacial score (nSPS) is 31.0. The predicted molar refractivity (Wildman–Crippen MR) is 88.0 cm³/mol. The van der Waals surface area contributed by atoms with E-state index in [0.29, 0.717) is 0 Å². The molecule has 1 aromatic heterocycles. The summed E-state index contributed by atoms with van der Waals surface area (Å²) < 4.78 is 34.3. The lowest BCUT2D eigenvalue weighted by Crippen LogP contribution is -2.43. The SMILES string of the molecule is COCCO[C@H]1C(O[P+](=O)S)[C@@H]2O[C@H]1n1c(c(C)c(=O)[nH]c1=O)[C@H]2O. The van der Waals surface area contributed by atoms with Crippen LogP contribution in [-0.4, -0.2) is 53.3 Å². The Balaban J connectivity index is 2.08. The van der Waals surface area contributed by atoms with E-state index in [-0.39, 0.29) is 24.5 Å². The van der Waals surface area contributed by atoms with Crippen LogP contribution in [0.1, 0.15) is 23.6 Å². The van der Waals surface area contributed by atoms with E-state index in [1.165, 1.54) is 14.0 Å². The molecular formula is C13H18N2O8PS+. The Hall–Kier alpha value is -1.07. The van der Waals surface area contributed by atoms with Gasteiger partial charge in [0.2, 0.25) is 0 Å². The molecule has 6 atom stereocenters. The monoisotopic (exact) mass is 393 g/mol. The highest BCUT2D eigenvalue weighted by Gasteiger charge is 2.58. The van der Waals surface area contributed by atoms with Crippen molar-refractivity contribution in [1.29, 1.82) is 0 Å². The average molecular weight is 393 g/mol. The summed E-state index contributed by atoms with van der Waals surface area (Å²) in [5.74, 6) is 0. The number of aromatic nitrogens is 2. The van der Waals surface area contributed by atoms with Crippen LogP contribution in [0.15, 0.2) is 9.59 Å². The molecule has 2 aliphatic heterocycles. The van der Waals surface area contributed by atoms with Gasteiger partial charge in [-0.2, -0.15) is 0 Å². The van der Waals surface area contributed by atoms with E-state index >= 15 is 0 Å². The molecule has 1 fully saturated rings. The number of rotatable bonds is 6. The number of aliphatic hydroxyl groups is 1. The minimum Gasteiger partial charge on any atom is -0.384 e. The number of H-pyrrole nitrogens is 1. The third-order valence-corrected chi connectivity index (χ3v) is 5.01. The fourth-order valence-corrected chi connectivity index (χ4v) is 4.00. The Kier molecular flexibility index (Phi) is 5.45. The van der Waals surface area contributed by atoms with Crippen LogP contribution in [0.2, 0.25) is 0 Å². The number of aliphatic hydroxyl groups excluding tert-OH is 1. The predicted octanol–water partition coefficient (Wildman–Crippen LogP) is -0.207. The molecule has 10 nitrogen and oxygen atoms in total. The van der Waals surface area contributed by atoms with Crippen LogP contribution in [-0.2, 0) is 23.3 Å². The molecule has 0 radical (unpaired) electrons. The van der Waals surface area contributed by atoms with Gasteiger partial charge in [0.1, 0.15) is 30.6 Å². The van der Waals surface area contributed by atoms with Crippen molar-refractivity contribution in [3.8, 4) is 0 Å². The summed E-state index contributed by atoms with van der Waals surface area (Å²) in [7, 11) is -0.809. The van der Waals surface area contributed by atoms with Crippen molar-refractivity contribution in [1.82, 2.24) is 9.55 Å². The Labute approximate surface area is 148 Å². The smallest absolute Gasteiger partial charge is 0.384 e. The maximum Gasteiger partial charge on any atom is 0.582 e. The number of nitrogens with one attached hydrogen (secondary N) is 1. The van der Waals surface area contributed by atoms with Gasteiger partial charge in [-0.25, -0.2) is 4.79 Å². The van der Waals surface area contributed by atoms with E-state index in [4.69, 9.17) is 18.7 Å². The lowest BCUT2D eigenvalue weighted by atomic mass is 10.0. The van der Waals surface area contributed by atoms with Gasteiger partial charge in [-0.3, -0.25) is 14.3 Å². The zero-order chi connectivity index (χ0) is 18.3. The van der Waals surface area contributed by atoms with E-state index in [1.54, 1.807) is 0 Å². The molecule has 3 rings (SSSR count). The molecule has 0 amide bonds. The quantitative estimate of drug-likeness (QED) is 0.344. The van der Waals surface area contributed by atoms with Crippen molar-refractivity contribution in [2.75, 3.05) is 20.3 Å². The molecule has 1 saturated heterocycles. The van der Waals surface area contributed by atoms with Gasteiger partial charge < -0.3 is 19.3 Å². The molecule has 0 saturated carbocycles. The second-order valence-electron chi connectivity index (χ2n) is 5.71. The number of ether oxygens (including phenoxy) is 3. The molecule has 0 spiro atoms. The molecule has 0 aliphatic carbocycles. The summed E-state index contributed by atoms with van der Waals surface area (Å²) in [5.41, 5.74) is -0.997. The number of methoxy groups -OCH3 is 1. The first-order valence-corrected chi connectivity index (χ1v) is 9.82. The van der Waals surface area contributed by atoms with Gasteiger partial charge in [0, 0.05) is 12.7 Å². The second-order valence-corrected chi connectivity index (χ2v) is 7.38. The van der Waals surface area contributed by atoms with Crippen LogP contribution in [0.3, 0.4) is 0 Å². The topological polar surface area (TPSA) is 129 Å². The van der Waals surface area contributed by atoms with E-state index < -0.39 is 49.1 Å². The van der Waals surface area contributed by atoms with Crippen molar-refractivity contribution in [2.24, 2.45) is 0 Å². The summed E-state index contributed by atoms with van der Waals surface area (Å²) in [6, 6.07) is 0. The summed E-state index contributed by atoms with van der Waals surface area (Å²) in [6.07, 6.45) is -5.01. The van der Waals surface area contributed by atoms with E-state index in [9.17, 15) is 19.3 Å². The van der Waals surface area contributed by atoms with E-state index in [1.807, 2.05) is 0 Å². The minimum absolute atomic E-state index is 0.135. The number of hydrogen-bond acceptors (Lipinski definition) is 8. The second kappa shape index (κ2) is 7.28. The lowest BCUT2D eigenvalue weighted by Gasteiger charge is -2.30. The van der Waals surface area contributed by atoms with Crippen LogP contribution in [0, 0.1) is 6.92 Å². The molecule has 138 valence electrons. The first-order chi connectivity index (χ1) is 11.9. The zero-order valence-electron chi connectivity index (χ0n) is 13.4. The summed E-state index contributed by atoms with van der Waals surface area (Å²) in [6.45, 7) is 1.94. The zero-order valence-corrected chi connectivity index (χ0v) is 15.2. The molecule has 12 heteroatoms. The van der Waals surface area contributed by atoms with Crippen molar-refractivity contribution >= 4 is 19.5 Å². The number of aromatic amines is 1. The highest BCUT2D eigenvalue weighted by Crippen LogP contribution is 2.47. The molecule has 2 bridgehead atoms. The number of nitrogens with zero attached hydrogens (tertiary/aromatic N) is 1. The van der Waals surface area contributed by atoms with Gasteiger partial charge in [0.15, 0.2) is 12.3 Å². The van der Waals surface area contributed by atoms with Crippen molar-refractivity contribution < 1.29 is 28.4 Å². The van der Waals surface area contributed by atoms with Crippen molar-refractivity contribution in [3.63, 3.8) is 0 Å². The third-order valence-electron chi connectivity index (χ3n) is 4.30. The molecule has 3 heterocycles. The highest BCUT2D eigenvalue weighted by molar-refractivity contribution is 8.39. The van der Waals surface area contributed by atoms with Crippen molar-refractivity contribution in [3.05, 3.63) is 32.1 Å². The number of fused-ring (bicyclic) bond motifs is 4. The first kappa shape index (κ1) is 18.7. The van der Waals surface area contributed by atoms with Gasteiger partial charge in [-0.1, -0.05) is 0 Å². The maximum absolute atomic E-state index is 12.3. The van der Waals surface area contributed by atoms with Crippen molar-refractivity contribution in [2.45, 2.75) is 37.6 Å². The average Bonchev–Trinajstić information content (AvgIpc) is 2.84. The maximum atomic E-state index is 12.3. The van der Waals surface area contributed by atoms with E-state index in [2.05, 4.69) is 17.2 Å². The molecule has 25 heavy (non-hydrogen) atoms. The summed E-state index contributed by atoms with van der Waals surface area (Å²) in [5, 5.41) is 10.6. The number of hydrogen-bond donors (Lipinski definition) is 3. The first-order valence-electron chi connectivity index (χ1n) is 7.49. The standard InChI is InChI=1S/C13H17N2O8PS/c1-5-6-7(16)8-9(23-24(19)25)10(21-4-3-20-2)12(22-8)15(6)13(18)14-11(5)17/h7-10,12,16H,3-4H2,1-2H3,(H-,14,17,18,19,25)/p+1/t7-,8-,9?,10+,12-/m1/s1. The lowest BCUT2D eigenvalue weighted by molar-refractivity contribution is -0.121. The van der Waals surface area contributed by atoms with Gasteiger partial charge in [0.25, 0.3) is 5.56 Å². The molecular weight excluding hydrogens is 375 g/mol. The van der Waals surface area contributed by atoms with Gasteiger partial charge in [-0.05, 0) is 11.5 Å². The number of thiol groups is 1. The molecule has 1 aromatic rings. The Morgan fingerprint density at radius 2 is 2.08 bits per heavy atom. The van der Waals surface area contributed by atoms with Crippen LogP contribution in [0.4, 0.5) is 0 Å². The van der Waals surface area contributed by atoms with Gasteiger partial charge in [0.05, 0.1) is 18.9 Å². The summed E-state index contributed by atoms with van der Waals surface area (Å²) in [4.78, 5) is 26.4. The molecule has 0 aromatic carbocycles. The minimum atomic E-state index is -2.31. The van der Waals surface area contributed by atoms with Gasteiger partial charge >= 0.3 is 12.9 Å². The van der Waals surface area contributed by atoms with Crippen LogP contribution in [0.25, 0.3) is 0 Å². The third kappa shape index (κ3) is 3.21. The fourth-order valence-electron chi connectivity index (χ4n) is 3.23. The van der Waals surface area contributed by atoms with Gasteiger partial charge in [-0.15, -0.1) is 4.52 Å². The molecule has 2 unspecified atom stereocenters. The van der Waals surface area contributed by atoms with Crippen LogP contribution >= 0.6 is 19.5 Å². The fraction of sp³-hybridized carbons (Fsp3) is 0.692. The molecule has 2 aliphatic rings. The summed E-state index contributed by atoms with van der Waals surface area (Å²) >= 11 is 3.75. The highest BCUT2D eigenvalue weighted by atomic mass is 32.7. The Bertz CT molecular complexity index is 795. The largest absolute Gasteiger partial charge is 0.582 e. The van der Waals surface area contributed by atoms with Crippen LogP contribution < -0.4 is 11.2 Å². The molecule has 2 N–H and O–H groups in total. The van der Waals surface area contributed by atoms with Crippen LogP contribution in [0.5, 0.6) is 0 Å². The Morgan fingerprint density at radius 1 is 1.36 bits per heavy atom. The van der Waals surface area contributed by atoms with E-state index in [0.717, 1.165) is 4.57 Å².